The van der Waals surface area contributed by atoms with Crippen LogP contribution in [-0.2, 0) is 42.9 Å². The molecular formula is C28H37NO13S3. The van der Waals surface area contributed by atoms with E-state index in [1.807, 2.05) is 6.92 Å². The van der Waals surface area contributed by atoms with Crippen molar-refractivity contribution in [1.82, 2.24) is 4.98 Å². The number of aliphatic hydroxyl groups is 1. The zero-order valence-corrected chi connectivity index (χ0v) is 28.1. The second-order valence-corrected chi connectivity index (χ2v) is 17.9. The van der Waals surface area contributed by atoms with Crippen molar-refractivity contribution in [3.63, 3.8) is 0 Å². The number of nitrogens with zero attached hydrogens (tertiary/aromatic N) is 1. The minimum absolute atomic E-state index is 0.0160. The lowest BCUT2D eigenvalue weighted by Gasteiger charge is -2.66. The number of aliphatic hydroxyl groups excluding tert-OH is 1. The van der Waals surface area contributed by atoms with E-state index in [9.17, 15) is 35.2 Å². The average molecular weight is 692 g/mol. The monoisotopic (exact) mass is 691 g/mol. The summed E-state index contributed by atoms with van der Waals surface area (Å²) >= 11 is 0. The van der Waals surface area contributed by atoms with Crippen LogP contribution in [0.15, 0.2) is 39.8 Å². The molecule has 1 N–H and O–H groups in total. The van der Waals surface area contributed by atoms with Crippen LogP contribution in [0, 0.1) is 22.7 Å². The van der Waals surface area contributed by atoms with Crippen LogP contribution in [0.4, 0.5) is 0 Å². The molecule has 250 valence electrons. The summed E-state index contributed by atoms with van der Waals surface area (Å²) in [5.41, 5.74) is -4.52. The molecule has 2 aromatic rings. The molecule has 0 radical (unpaired) electrons. The van der Waals surface area contributed by atoms with E-state index >= 15 is 0 Å². The molecule has 0 amide bonds. The van der Waals surface area contributed by atoms with E-state index in [-0.39, 0.29) is 36.3 Å². The van der Waals surface area contributed by atoms with Gasteiger partial charge in [0.1, 0.15) is 28.8 Å². The summed E-state index contributed by atoms with van der Waals surface area (Å²) < 4.78 is 103. The van der Waals surface area contributed by atoms with Gasteiger partial charge in [-0.05, 0) is 49.7 Å². The first-order chi connectivity index (χ1) is 20.6. The Kier molecular flexibility index (Phi) is 8.37. The van der Waals surface area contributed by atoms with Gasteiger partial charge < -0.3 is 14.3 Å². The number of ether oxygens (including phenoxy) is 1. The van der Waals surface area contributed by atoms with Crippen LogP contribution in [0.1, 0.15) is 51.7 Å². The Morgan fingerprint density at radius 2 is 1.64 bits per heavy atom. The number of hydrogen-bond donors (Lipinski definition) is 1. The molecule has 2 saturated carbocycles. The molecule has 3 heterocycles. The summed E-state index contributed by atoms with van der Waals surface area (Å²) in [7, 11) is -12.2. The first kappa shape index (κ1) is 33.9. The first-order valence-corrected chi connectivity index (χ1v) is 19.6. The molecule has 1 aliphatic heterocycles. The highest BCUT2D eigenvalue weighted by Gasteiger charge is 2.70. The molecule has 17 heteroatoms. The Labute approximate surface area is 262 Å². The van der Waals surface area contributed by atoms with Gasteiger partial charge in [-0.25, -0.2) is 4.79 Å². The maximum atomic E-state index is 13.4. The Bertz CT molecular complexity index is 1860. The van der Waals surface area contributed by atoms with E-state index in [1.54, 1.807) is 32.2 Å². The summed E-state index contributed by atoms with van der Waals surface area (Å²) in [5.74, 6) is -1.69. The van der Waals surface area contributed by atoms with Crippen molar-refractivity contribution in [2.24, 2.45) is 22.7 Å². The van der Waals surface area contributed by atoms with Gasteiger partial charge in [0.2, 0.25) is 0 Å². The largest absolute Gasteiger partial charge is 0.484 e. The molecule has 2 aliphatic carbocycles. The Hall–Kier alpha value is -2.41. The molecule has 5 rings (SSSR count). The molecular weight excluding hydrogens is 655 g/mol. The van der Waals surface area contributed by atoms with Crippen LogP contribution >= 0.6 is 0 Å². The fraction of sp³-hybridized carbons (Fsp3) is 0.643. The summed E-state index contributed by atoms with van der Waals surface area (Å²) in [6, 6.07) is 4.75. The SMILES string of the molecule is C[C@]12CC[C@H](OS(C)(=O)=O)[C@@](C)(COS(C)(=O)=O)C1C[C@H](OS(C)(=O)=O)[C@@]1(C)Oc3cc(-c4cccnc4)oc(=O)c3C(O)C21. The van der Waals surface area contributed by atoms with Crippen LogP contribution < -0.4 is 10.4 Å². The molecule has 2 aromatic heterocycles. The smallest absolute Gasteiger partial charge is 0.345 e. The van der Waals surface area contributed by atoms with Gasteiger partial charge in [0.15, 0.2) is 0 Å². The third-order valence-electron chi connectivity index (χ3n) is 9.69. The minimum Gasteiger partial charge on any atom is -0.484 e. The Morgan fingerprint density at radius 3 is 2.22 bits per heavy atom. The standard InChI is InChI=1S/C28H37NO13S3/c1-26-10-9-20(41-44(5,34)35)27(2,15-38-43(4,32)33)19(26)13-21(42-45(6,36)37)28(3)24(26)23(30)22-18(40-28)12-17(39-25(22)31)16-8-7-11-29-14-16/h7-8,11-12,14,19-21,23-24,30H,9-10,13,15H2,1-6H3/t19?,20-,21-,23?,24?,26-,27-,28+/m0/s1. The second-order valence-electron chi connectivity index (χ2n) is 13.0. The highest BCUT2D eigenvalue weighted by molar-refractivity contribution is 7.86. The lowest BCUT2D eigenvalue weighted by atomic mass is 9.42. The molecule has 0 spiro atoms. The van der Waals surface area contributed by atoms with Gasteiger partial charge >= 0.3 is 5.63 Å². The third kappa shape index (κ3) is 6.32. The quantitative estimate of drug-likeness (QED) is 0.394. The third-order valence-corrected chi connectivity index (χ3v) is 11.4. The van der Waals surface area contributed by atoms with Gasteiger partial charge in [-0.3, -0.25) is 17.5 Å². The van der Waals surface area contributed by atoms with Gasteiger partial charge in [-0.2, -0.15) is 25.3 Å². The van der Waals surface area contributed by atoms with Crippen molar-refractivity contribution in [2.75, 3.05) is 25.4 Å². The lowest BCUT2D eigenvalue weighted by Crippen LogP contribution is -2.71. The van der Waals surface area contributed by atoms with Gasteiger partial charge in [-0.1, -0.05) is 13.8 Å². The predicted octanol–water partition coefficient (Wildman–Crippen LogP) is 1.99. The van der Waals surface area contributed by atoms with Crippen molar-refractivity contribution < 1.29 is 52.1 Å². The summed E-state index contributed by atoms with van der Waals surface area (Å²) in [6.45, 7) is 4.51. The number of rotatable bonds is 8. The number of pyridine rings is 1. The van der Waals surface area contributed by atoms with Crippen LogP contribution in [0.2, 0.25) is 0 Å². The number of fused-ring (bicyclic) bond motifs is 4. The number of hydrogen-bond acceptors (Lipinski definition) is 14. The Balaban J connectivity index is 1.70. The van der Waals surface area contributed by atoms with Crippen LogP contribution in [0.25, 0.3) is 11.3 Å². The molecule has 45 heavy (non-hydrogen) atoms. The fourth-order valence-corrected chi connectivity index (χ4v) is 9.87. The predicted molar refractivity (Wildman–Crippen MR) is 159 cm³/mol. The fourth-order valence-electron chi connectivity index (χ4n) is 7.97. The minimum atomic E-state index is -4.14. The zero-order chi connectivity index (χ0) is 33.4. The molecule has 3 unspecified atom stereocenters. The summed E-state index contributed by atoms with van der Waals surface area (Å²) in [4.78, 5) is 17.5. The van der Waals surface area contributed by atoms with Crippen molar-refractivity contribution in [1.29, 1.82) is 0 Å². The van der Waals surface area contributed by atoms with Crippen molar-refractivity contribution in [3.8, 4) is 17.1 Å². The number of aromatic nitrogens is 1. The van der Waals surface area contributed by atoms with Crippen LogP contribution in [-0.4, -0.2) is 78.5 Å². The molecule has 2 fully saturated rings. The van der Waals surface area contributed by atoms with E-state index in [0.717, 1.165) is 18.8 Å². The first-order valence-electron chi connectivity index (χ1n) is 14.1. The van der Waals surface area contributed by atoms with E-state index < -0.39 is 89.2 Å². The topological polar surface area (TPSA) is 203 Å². The molecule has 14 nitrogen and oxygen atoms in total. The molecule has 8 atom stereocenters. The van der Waals surface area contributed by atoms with Crippen molar-refractivity contribution in [2.45, 2.75) is 63.9 Å². The van der Waals surface area contributed by atoms with E-state index in [2.05, 4.69) is 4.98 Å². The van der Waals surface area contributed by atoms with Crippen molar-refractivity contribution in [3.05, 3.63) is 46.6 Å². The van der Waals surface area contributed by atoms with Gasteiger partial charge in [0.25, 0.3) is 30.4 Å². The van der Waals surface area contributed by atoms with Crippen LogP contribution in [0.3, 0.4) is 0 Å². The Morgan fingerprint density at radius 1 is 1.00 bits per heavy atom. The molecule has 0 saturated heterocycles. The molecule has 0 aromatic carbocycles. The van der Waals surface area contributed by atoms with E-state index in [4.69, 9.17) is 21.7 Å². The van der Waals surface area contributed by atoms with Gasteiger partial charge in [0.05, 0.1) is 37.6 Å². The lowest BCUT2D eigenvalue weighted by molar-refractivity contribution is -0.255. The molecule has 3 aliphatic rings. The van der Waals surface area contributed by atoms with Gasteiger partial charge in [0, 0.05) is 35.4 Å². The average Bonchev–Trinajstić information content (AvgIpc) is 2.89. The van der Waals surface area contributed by atoms with Gasteiger partial charge in [-0.15, -0.1) is 0 Å². The summed E-state index contributed by atoms with van der Waals surface area (Å²) in [5, 5.41) is 12.1. The maximum absolute atomic E-state index is 13.4. The highest BCUT2D eigenvalue weighted by atomic mass is 32.2. The second kappa shape index (κ2) is 11.1. The van der Waals surface area contributed by atoms with E-state index in [0.29, 0.717) is 5.56 Å². The van der Waals surface area contributed by atoms with E-state index in [1.165, 1.54) is 12.3 Å². The summed E-state index contributed by atoms with van der Waals surface area (Å²) in [6.07, 6.45) is 1.97. The molecule has 0 bridgehead atoms. The van der Waals surface area contributed by atoms with Crippen LogP contribution in [0.5, 0.6) is 5.75 Å². The zero-order valence-electron chi connectivity index (χ0n) is 25.6. The maximum Gasteiger partial charge on any atom is 0.345 e. The normalized spacial score (nSPS) is 35.0. The highest BCUT2D eigenvalue weighted by Crippen LogP contribution is 2.67. The van der Waals surface area contributed by atoms with Crippen molar-refractivity contribution >= 4 is 30.4 Å².